The van der Waals surface area contributed by atoms with E-state index in [1.165, 1.54) is 16.8 Å². The molecule has 1 aromatic heterocycles. The minimum absolute atomic E-state index is 0.00822. The van der Waals surface area contributed by atoms with Gasteiger partial charge in [-0.25, -0.2) is 4.68 Å². The second-order valence-corrected chi connectivity index (χ2v) is 3.87. The number of halogens is 3. The van der Waals surface area contributed by atoms with Crippen LogP contribution in [0.1, 0.15) is 16.8 Å². The molecule has 0 amide bonds. The van der Waals surface area contributed by atoms with Crippen LogP contribution in [0.4, 0.5) is 19.0 Å². The molecule has 0 bridgehead atoms. The Morgan fingerprint density at radius 3 is 2.50 bits per heavy atom. The van der Waals surface area contributed by atoms with Crippen LogP contribution in [0.5, 0.6) is 0 Å². The molecule has 0 fully saturated rings. The number of nitrogens with two attached hydrogens (primary N) is 1. The first-order valence-corrected chi connectivity index (χ1v) is 5.20. The Hall–Kier alpha value is -2.05. The fraction of sp³-hybridized carbons (Fsp3) is 0.273. The van der Waals surface area contributed by atoms with Crippen LogP contribution in [0.15, 0.2) is 24.3 Å². The van der Waals surface area contributed by atoms with Crippen molar-refractivity contribution in [2.24, 2.45) is 0 Å². The fourth-order valence-corrected chi connectivity index (χ4v) is 1.62. The number of nitrogen functional groups attached to an aromatic ring is 1. The fourth-order valence-electron chi connectivity index (χ4n) is 1.62. The third-order valence-corrected chi connectivity index (χ3v) is 2.66. The molecule has 2 rings (SSSR count). The molecule has 0 radical (unpaired) electrons. The Morgan fingerprint density at radius 1 is 1.28 bits per heavy atom. The van der Waals surface area contributed by atoms with Gasteiger partial charge in [0.05, 0.1) is 17.8 Å². The van der Waals surface area contributed by atoms with Gasteiger partial charge in [0.2, 0.25) is 0 Å². The zero-order valence-electron chi connectivity index (χ0n) is 9.57. The van der Waals surface area contributed by atoms with Crippen LogP contribution in [-0.2, 0) is 12.7 Å². The summed E-state index contributed by atoms with van der Waals surface area (Å²) in [5.74, 6) is 0.222. The standard InChI is InChI=1S/C11H11F3N4/c1-7-10(15)16-17-18(7)6-8-4-2-3-5-9(8)11(12,13)14/h2-5H,6,15H2,1H3. The third-order valence-electron chi connectivity index (χ3n) is 2.66. The van der Waals surface area contributed by atoms with E-state index in [1.54, 1.807) is 13.0 Å². The lowest BCUT2D eigenvalue weighted by atomic mass is 10.1. The van der Waals surface area contributed by atoms with Crippen molar-refractivity contribution in [3.8, 4) is 0 Å². The molecule has 18 heavy (non-hydrogen) atoms. The molecule has 2 N–H and O–H groups in total. The molecule has 0 aliphatic rings. The Labute approximate surface area is 101 Å². The van der Waals surface area contributed by atoms with Crippen molar-refractivity contribution in [1.82, 2.24) is 15.0 Å². The van der Waals surface area contributed by atoms with Crippen molar-refractivity contribution in [2.75, 3.05) is 5.73 Å². The van der Waals surface area contributed by atoms with Gasteiger partial charge in [0.15, 0.2) is 5.82 Å². The Morgan fingerprint density at radius 2 is 1.94 bits per heavy atom. The van der Waals surface area contributed by atoms with Gasteiger partial charge < -0.3 is 5.73 Å². The smallest absolute Gasteiger partial charge is 0.381 e. The van der Waals surface area contributed by atoms with Crippen molar-refractivity contribution in [2.45, 2.75) is 19.6 Å². The number of benzene rings is 1. The largest absolute Gasteiger partial charge is 0.416 e. The minimum atomic E-state index is -4.38. The van der Waals surface area contributed by atoms with E-state index in [2.05, 4.69) is 10.3 Å². The molecule has 0 saturated carbocycles. The maximum Gasteiger partial charge on any atom is 0.416 e. The quantitative estimate of drug-likeness (QED) is 0.896. The summed E-state index contributed by atoms with van der Waals surface area (Å²) in [4.78, 5) is 0. The summed E-state index contributed by atoms with van der Waals surface area (Å²) in [5.41, 5.74) is 5.52. The molecule has 0 aliphatic carbocycles. The van der Waals surface area contributed by atoms with Crippen LogP contribution in [-0.4, -0.2) is 15.0 Å². The Bertz CT molecular complexity index is 560. The predicted octanol–water partition coefficient (Wildman–Crippen LogP) is 2.24. The van der Waals surface area contributed by atoms with Crippen LogP contribution in [0.3, 0.4) is 0 Å². The van der Waals surface area contributed by atoms with Gasteiger partial charge in [-0.05, 0) is 18.6 Å². The van der Waals surface area contributed by atoms with Gasteiger partial charge in [0.25, 0.3) is 0 Å². The van der Waals surface area contributed by atoms with E-state index in [4.69, 9.17) is 5.73 Å². The van der Waals surface area contributed by atoms with Gasteiger partial charge in [-0.1, -0.05) is 23.4 Å². The van der Waals surface area contributed by atoms with E-state index in [0.29, 0.717) is 5.69 Å². The molecule has 0 aliphatic heterocycles. The molecular weight excluding hydrogens is 245 g/mol. The van der Waals surface area contributed by atoms with E-state index in [1.807, 2.05) is 0 Å². The average Bonchev–Trinajstić information content (AvgIpc) is 2.60. The second-order valence-electron chi connectivity index (χ2n) is 3.87. The first-order chi connectivity index (χ1) is 8.39. The summed E-state index contributed by atoms with van der Waals surface area (Å²) in [7, 11) is 0. The van der Waals surface area contributed by atoms with Crippen molar-refractivity contribution < 1.29 is 13.2 Å². The highest BCUT2D eigenvalue weighted by molar-refractivity contribution is 5.34. The molecule has 96 valence electrons. The SMILES string of the molecule is Cc1c(N)nnn1Cc1ccccc1C(F)(F)F. The van der Waals surface area contributed by atoms with Gasteiger partial charge in [-0.2, -0.15) is 13.2 Å². The lowest BCUT2D eigenvalue weighted by Crippen LogP contribution is -2.13. The lowest BCUT2D eigenvalue weighted by molar-refractivity contribution is -0.138. The molecule has 0 unspecified atom stereocenters. The number of anilines is 1. The highest BCUT2D eigenvalue weighted by atomic mass is 19.4. The molecule has 0 saturated heterocycles. The van der Waals surface area contributed by atoms with Gasteiger partial charge in [0, 0.05) is 0 Å². The molecule has 4 nitrogen and oxygen atoms in total. The van der Waals surface area contributed by atoms with Crippen molar-refractivity contribution in [3.63, 3.8) is 0 Å². The maximum atomic E-state index is 12.8. The molecule has 0 atom stereocenters. The maximum absolute atomic E-state index is 12.8. The highest BCUT2D eigenvalue weighted by Gasteiger charge is 2.33. The zero-order chi connectivity index (χ0) is 13.3. The Kier molecular flexibility index (Phi) is 2.98. The highest BCUT2D eigenvalue weighted by Crippen LogP contribution is 2.32. The predicted molar refractivity (Wildman–Crippen MR) is 59.7 cm³/mol. The van der Waals surface area contributed by atoms with Gasteiger partial charge in [-0.3, -0.25) is 0 Å². The van der Waals surface area contributed by atoms with Crippen molar-refractivity contribution >= 4 is 5.82 Å². The summed E-state index contributed by atoms with van der Waals surface area (Å²) in [6.45, 7) is 1.65. The summed E-state index contributed by atoms with van der Waals surface area (Å²) in [6, 6.07) is 5.38. The van der Waals surface area contributed by atoms with Crippen LogP contribution in [0.25, 0.3) is 0 Å². The number of hydrogen-bond acceptors (Lipinski definition) is 3. The summed E-state index contributed by atoms with van der Waals surface area (Å²) in [6.07, 6.45) is -4.38. The Balaban J connectivity index is 2.38. The normalized spacial score (nSPS) is 11.8. The van der Waals surface area contributed by atoms with Gasteiger partial charge in [0.1, 0.15) is 0 Å². The third kappa shape index (κ3) is 2.29. The molecule has 1 heterocycles. The topological polar surface area (TPSA) is 56.7 Å². The van der Waals surface area contributed by atoms with E-state index in [9.17, 15) is 13.2 Å². The average molecular weight is 256 g/mol. The van der Waals surface area contributed by atoms with E-state index in [0.717, 1.165) is 6.07 Å². The van der Waals surface area contributed by atoms with Crippen molar-refractivity contribution in [1.29, 1.82) is 0 Å². The molecule has 2 aromatic rings. The monoisotopic (exact) mass is 256 g/mol. The summed E-state index contributed by atoms with van der Waals surface area (Å²) in [5, 5.41) is 7.32. The van der Waals surface area contributed by atoms with Gasteiger partial charge in [-0.15, -0.1) is 5.10 Å². The first-order valence-electron chi connectivity index (χ1n) is 5.20. The van der Waals surface area contributed by atoms with Crippen LogP contribution < -0.4 is 5.73 Å². The molecule has 0 spiro atoms. The summed E-state index contributed by atoms with van der Waals surface area (Å²) < 4.78 is 39.7. The number of rotatable bonds is 2. The van der Waals surface area contributed by atoms with E-state index < -0.39 is 11.7 Å². The van der Waals surface area contributed by atoms with Gasteiger partial charge >= 0.3 is 6.18 Å². The molecule has 7 heteroatoms. The zero-order valence-corrected chi connectivity index (χ0v) is 9.57. The van der Waals surface area contributed by atoms with Crippen LogP contribution in [0, 0.1) is 6.92 Å². The van der Waals surface area contributed by atoms with Crippen LogP contribution >= 0.6 is 0 Å². The minimum Gasteiger partial charge on any atom is -0.381 e. The molecular formula is C11H11F3N4. The first kappa shape index (κ1) is 12.4. The number of aromatic nitrogens is 3. The van der Waals surface area contributed by atoms with Crippen LogP contribution in [0.2, 0.25) is 0 Å². The number of hydrogen-bond donors (Lipinski definition) is 1. The lowest BCUT2D eigenvalue weighted by Gasteiger charge is -2.12. The summed E-state index contributed by atoms with van der Waals surface area (Å²) >= 11 is 0. The van der Waals surface area contributed by atoms with Crippen molar-refractivity contribution in [3.05, 3.63) is 41.1 Å². The second kappa shape index (κ2) is 4.32. The molecule has 1 aromatic carbocycles. The van der Waals surface area contributed by atoms with E-state index >= 15 is 0 Å². The van der Waals surface area contributed by atoms with E-state index in [-0.39, 0.29) is 17.9 Å². The number of nitrogens with zero attached hydrogens (tertiary/aromatic N) is 3. The number of alkyl halides is 3.